The largest absolute Gasteiger partial charge is 0.454 e. The van der Waals surface area contributed by atoms with Gasteiger partial charge in [0.15, 0.2) is 17.3 Å². The van der Waals surface area contributed by atoms with Gasteiger partial charge >= 0.3 is 0 Å². The highest BCUT2D eigenvalue weighted by Gasteiger charge is 2.23. The maximum absolute atomic E-state index is 12.5. The van der Waals surface area contributed by atoms with Crippen molar-refractivity contribution >= 4 is 28.8 Å². The number of hydrogen-bond donors (Lipinski definition) is 1. The van der Waals surface area contributed by atoms with Gasteiger partial charge in [-0.25, -0.2) is 0 Å². The number of carbonyl (C=O) groups is 2. The predicted molar refractivity (Wildman–Crippen MR) is 90.3 cm³/mol. The van der Waals surface area contributed by atoms with Crippen LogP contribution in [0.3, 0.4) is 0 Å². The second-order valence-electron chi connectivity index (χ2n) is 5.51. The van der Waals surface area contributed by atoms with Crippen LogP contribution in [0.5, 0.6) is 11.5 Å². The average Bonchev–Trinajstić information content (AvgIpc) is 3.07. The summed E-state index contributed by atoms with van der Waals surface area (Å²) in [7, 11) is 0. The molecule has 0 aromatic heterocycles. The van der Waals surface area contributed by atoms with Crippen molar-refractivity contribution in [2.75, 3.05) is 12.1 Å². The summed E-state index contributed by atoms with van der Waals surface area (Å²) in [4.78, 5) is 44.6. The maximum atomic E-state index is 12.5. The van der Waals surface area contributed by atoms with E-state index in [9.17, 15) is 29.8 Å². The highest BCUT2D eigenvalue weighted by atomic mass is 16.7. The topological polar surface area (TPSA) is 151 Å². The van der Waals surface area contributed by atoms with Crippen LogP contribution in [0, 0.1) is 20.2 Å². The summed E-state index contributed by atoms with van der Waals surface area (Å²) in [5.74, 6) is -0.582. The quantitative estimate of drug-likeness (QED) is 0.477. The van der Waals surface area contributed by atoms with Gasteiger partial charge in [0.2, 0.25) is 6.79 Å². The number of nitrogens with zero attached hydrogens (tertiary/aromatic N) is 2. The second-order valence-corrected chi connectivity index (χ2v) is 5.51. The summed E-state index contributed by atoms with van der Waals surface area (Å²) < 4.78 is 10.4. The third kappa shape index (κ3) is 3.51. The molecule has 3 rings (SSSR count). The Kier molecular flexibility index (Phi) is 4.42. The van der Waals surface area contributed by atoms with E-state index in [4.69, 9.17) is 9.47 Å². The van der Waals surface area contributed by atoms with Crippen LogP contribution >= 0.6 is 0 Å². The van der Waals surface area contributed by atoms with Crippen molar-refractivity contribution in [3.8, 4) is 11.5 Å². The zero-order valence-corrected chi connectivity index (χ0v) is 13.8. The van der Waals surface area contributed by atoms with Gasteiger partial charge in [-0.3, -0.25) is 29.8 Å². The highest BCUT2D eigenvalue weighted by Crippen LogP contribution is 2.37. The number of nitro groups is 2. The number of hydrogen-bond acceptors (Lipinski definition) is 8. The first kappa shape index (κ1) is 17.8. The van der Waals surface area contributed by atoms with Gasteiger partial charge in [0.05, 0.1) is 27.2 Å². The average molecular weight is 373 g/mol. The van der Waals surface area contributed by atoms with Crippen LogP contribution in [0.2, 0.25) is 0 Å². The monoisotopic (exact) mass is 373 g/mol. The van der Waals surface area contributed by atoms with Gasteiger partial charge in [-0.15, -0.1) is 0 Å². The zero-order valence-electron chi connectivity index (χ0n) is 13.8. The molecule has 1 heterocycles. The molecule has 11 nitrogen and oxygen atoms in total. The zero-order chi connectivity index (χ0) is 19.7. The first-order valence-corrected chi connectivity index (χ1v) is 7.46. The highest BCUT2D eigenvalue weighted by molar-refractivity contribution is 6.10. The number of rotatable bonds is 5. The van der Waals surface area contributed by atoms with Gasteiger partial charge in [0.1, 0.15) is 0 Å². The van der Waals surface area contributed by atoms with E-state index in [1.165, 1.54) is 19.1 Å². The minimum atomic E-state index is -0.858. The van der Waals surface area contributed by atoms with Crippen molar-refractivity contribution in [1.82, 2.24) is 0 Å². The Morgan fingerprint density at radius 2 is 1.52 bits per heavy atom. The van der Waals surface area contributed by atoms with E-state index in [0.29, 0.717) is 11.5 Å². The Morgan fingerprint density at radius 3 is 2.04 bits per heavy atom. The Labute approximate surface area is 150 Å². The molecule has 11 heteroatoms. The van der Waals surface area contributed by atoms with Crippen LogP contribution in [0.25, 0.3) is 0 Å². The van der Waals surface area contributed by atoms with E-state index in [1.807, 2.05) is 0 Å². The van der Waals surface area contributed by atoms with Gasteiger partial charge in [-0.2, -0.15) is 0 Å². The van der Waals surface area contributed by atoms with Crippen LogP contribution in [-0.4, -0.2) is 28.3 Å². The molecule has 0 atom stereocenters. The fourth-order valence-electron chi connectivity index (χ4n) is 2.47. The number of nitro benzene ring substituents is 2. The summed E-state index contributed by atoms with van der Waals surface area (Å²) >= 11 is 0. The summed E-state index contributed by atoms with van der Waals surface area (Å²) in [6.07, 6.45) is 0. The molecule has 138 valence electrons. The number of carbonyl (C=O) groups excluding carboxylic acids is 2. The van der Waals surface area contributed by atoms with Gasteiger partial charge in [0.25, 0.3) is 17.3 Å². The summed E-state index contributed by atoms with van der Waals surface area (Å²) in [6.45, 7) is 1.24. The molecule has 27 heavy (non-hydrogen) atoms. The molecule has 2 aromatic rings. The van der Waals surface area contributed by atoms with E-state index in [-0.39, 0.29) is 29.4 Å². The molecule has 1 aliphatic rings. The molecular weight excluding hydrogens is 362 g/mol. The lowest BCUT2D eigenvalue weighted by molar-refractivity contribution is -0.394. The fourth-order valence-corrected chi connectivity index (χ4v) is 2.47. The summed E-state index contributed by atoms with van der Waals surface area (Å²) in [5.41, 5.74) is -1.29. The lowest BCUT2D eigenvalue weighted by Crippen LogP contribution is -2.15. The number of Topliss-reactive ketones (excluding diaryl/α,β-unsaturated/α-hetero) is 1. The Balaban J connectivity index is 2.00. The van der Waals surface area contributed by atoms with Crippen molar-refractivity contribution < 1.29 is 28.9 Å². The molecule has 0 fully saturated rings. The van der Waals surface area contributed by atoms with Crippen molar-refractivity contribution in [2.45, 2.75) is 6.92 Å². The van der Waals surface area contributed by atoms with Crippen molar-refractivity contribution in [3.05, 3.63) is 61.7 Å². The lowest BCUT2D eigenvalue weighted by atomic mass is 10.1. The number of non-ortho nitro benzene ring substituents is 2. The molecule has 1 amide bonds. The first-order chi connectivity index (χ1) is 12.8. The SMILES string of the molecule is CC(=O)c1cc2c(cc1NC(=O)c1cc([N+](=O)[O-])cc([N+](=O)[O-])c1)OCO2. The van der Waals surface area contributed by atoms with Gasteiger partial charge < -0.3 is 14.8 Å². The Hall–Kier alpha value is -4.02. The number of anilines is 1. The van der Waals surface area contributed by atoms with E-state index in [0.717, 1.165) is 18.2 Å². The molecular formula is C16H11N3O8. The van der Waals surface area contributed by atoms with E-state index >= 15 is 0 Å². The summed E-state index contributed by atoms with van der Waals surface area (Å²) in [6, 6.07) is 5.34. The minimum absolute atomic E-state index is 0.0405. The molecule has 0 aliphatic carbocycles. The lowest BCUT2D eigenvalue weighted by Gasteiger charge is -2.10. The number of amides is 1. The number of nitrogens with one attached hydrogen (secondary N) is 1. The van der Waals surface area contributed by atoms with Crippen LogP contribution in [0.1, 0.15) is 27.6 Å². The first-order valence-electron chi connectivity index (χ1n) is 7.46. The van der Waals surface area contributed by atoms with E-state index < -0.39 is 27.1 Å². The standard InChI is InChI=1S/C16H11N3O8/c1-8(20)12-5-14-15(27-7-26-14)6-13(12)17-16(21)9-2-10(18(22)23)4-11(3-9)19(24)25/h2-6H,7H2,1H3,(H,17,21). The number of benzene rings is 2. The Bertz CT molecular complexity index is 969. The fraction of sp³-hybridized carbons (Fsp3) is 0.125. The number of ketones is 1. The van der Waals surface area contributed by atoms with Crippen LogP contribution in [-0.2, 0) is 0 Å². The van der Waals surface area contributed by atoms with Gasteiger partial charge in [-0.05, 0) is 13.0 Å². The second kappa shape index (κ2) is 6.71. The van der Waals surface area contributed by atoms with E-state index in [1.54, 1.807) is 0 Å². The Morgan fingerprint density at radius 1 is 0.963 bits per heavy atom. The molecule has 0 radical (unpaired) electrons. The molecule has 0 saturated carbocycles. The maximum Gasteiger partial charge on any atom is 0.277 e. The third-order valence-corrected chi connectivity index (χ3v) is 3.73. The predicted octanol–water partition coefficient (Wildman–Crippen LogP) is 2.69. The number of ether oxygens (including phenoxy) is 2. The smallest absolute Gasteiger partial charge is 0.277 e. The van der Waals surface area contributed by atoms with Crippen LogP contribution in [0.15, 0.2) is 30.3 Å². The number of fused-ring (bicyclic) bond motifs is 1. The van der Waals surface area contributed by atoms with Crippen molar-refractivity contribution in [1.29, 1.82) is 0 Å². The van der Waals surface area contributed by atoms with Crippen molar-refractivity contribution in [2.24, 2.45) is 0 Å². The normalized spacial score (nSPS) is 11.7. The molecule has 0 saturated heterocycles. The van der Waals surface area contributed by atoms with Gasteiger partial charge in [-0.1, -0.05) is 0 Å². The third-order valence-electron chi connectivity index (χ3n) is 3.73. The van der Waals surface area contributed by atoms with E-state index in [2.05, 4.69) is 5.32 Å². The van der Waals surface area contributed by atoms with Crippen LogP contribution < -0.4 is 14.8 Å². The minimum Gasteiger partial charge on any atom is -0.454 e. The summed E-state index contributed by atoms with van der Waals surface area (Å²) in [5, 5.41) is 24.3. The molecule has 1 aliphatic heterocycles. The molecule has 0 bridgehead atoms. The molecule has 1 N–H and O–H groups in total. The van der Waals surface area contributed by atoms with Crippen LogP contribution in [0.4, 0.5) is 17.1 Å². The van der Waals surface area contributed by atoms with Gasteiger partial charge in [0, 0.05) is 23.8 Å². The molecule has 0 unspecified atom stereocenters. The molecule has 0 spiro atoms. The molecule has 2 aromatic carbocycles. The van der Waals surface area contributed by atoms with Crippen molar-refractivity contribution in [3.63, 3.8) is 0 Å².